The van der Waals surface area contributed by atoms with E-state index in [-0.39, 0.29) is 0 Å². The van der Waals surface area contributed by atoms with Crippen molar-refractivity contribution >= 4 is 11.0 Å². The summed E-state index contributed by atoms with van der Waals surface area (Å²) in [6, 6.07) is 38.3. The number of imidazole rings is 1. The molecule has 0 saturated heterocycles. The van der Waals surface area contributed by atoms with Crippen molar-refractivity contribution in [3.63, 3.8) is 0 Å². The van der Waals surface area contributed by atoms with E-state index >= 15 is 0 Å². The van der Waals surface area contributed by atoms with Gasteiger partial charge in [0, 0.05) is 5.56 Å². The van der Waals surface area contributed by atoms with Crippen molar-refractivity contribution in [1.29, 1.82) is 0 Å². The second-order valence-corrected chi connectivity index (χ2v) is 7.26. The van der Waals surface area contributed by atoms with Gasteiger partial charge >= 0.3 is 6.01 Å². The van der Waals surface area contributed by atoms with Crippen LogP contribution in [0.3, 0.4) is 0 Å². The minimum Gasteiger partial charge on any atom is -0.425 e. The van der Waals surface area contributed by atoms with Crippen LogP contribution in [-0.2, 0) is 5.54 Å². The third kappa shape index (κ3) is 2.15. The molecule has 2 heterocycles. The lowest BCUT2D eigenvalue weighted by atomic mass is 9.75. The van der Waals surface area contributed by atoms with Crippen molar-refractivity contribution in [1.82, 2.24) is 9.55 Å². The Labute approximate surface area is 168 Å². The lowest BCUT2D eigenvalue weighted by molar-refractivity contribution is 0.336. The number of ether oxygens (including phenoxy) is 1. The van der Waals surface area contributed by atoms with Crippen LogP contribution in [0.4, 0.5) is 0 Å². The van der Waals surface area contributed by atoms with Crippen LogP contribution in [-0.4, -0.2) is 9.55 Å². The van der Waals surface area contributed by atoms with Gasteiger partial charge in [-0.05, 0) is 29.3 Å². The van der Waals surface area contributed by atoms with Gasteiger partial charge in [-0.25, -0.2) is 0 Å². The Bertz CT molecular complexity index is 1280. The lowest BCUT2D eigenvalue weighted by Crippen LogP contribution is -2.40. The summed E-state index contributed by atoms with van der Waals surface area (Å²) in [7, 11) is 0. The maximum Gasteiger partial charge on any atom is 0.304 e. The summed E-state index contributed by atoms with van der Waals surface area (Å²) in [5.41, 5.74) is 4.84. The van der Waals surface area contributed by atoms with Crippen molar-refractivity contribution in [2.24, 2.45) is 0 Å². The first-order valence-electron chi connectivity index (χ1n) is 9.75. The third-order valence-corrected chi connectivity index (χ3v) is 5.73. The summed E-state index contributed by atoms with van der Waals surface area (Å²) in [5, 5.41) is 0. The molecule has 1 aromatic heterocycles. The molecule has 0 N–H and O–H groups in total. The van der Waals surface area contributed by atoms with Crippen LogP contribution in [0, 0.1) is 0 Å². The second-order valence-electron chi connectivity index (χ2n) is 7.26. The minimum absolute atomic E-state index is 0.581. The molecular weight excluding hydrogens is 356 g/mol. The van der Waals surface area contributed by atoms with E-state index in [2.05, 4.69) is 89.5 Å². The normalized spacial score (nSPS) is 14.1. The molecular formula is C26H18N2O. The van der Waals surface area contributed by atoms with E-state index in [0.717, 1.165) is 22.3 Å². The first-order chi connectivity index (χ1) is 14.4. The summed E-state index contributed by atoms with van der Waals surface area (Å²) in [4.78, 5) is 4.84. The molecule has 6 rings (SSSR count). The van der Waals surface area contributed by atoms with Gasteiger partial charge in [0.1, 0.15) is 11.3 Å². The highest BCUT2D eigenvalue weighted by molar-refractivity contribution is 5.80. The van der Waals surface area contributed by atoms with Gasteiger partial charge in [0.25, 0.3) is 0 Å². The number of hydrogen-bond donors (Lipinski definition) is 0. The smallest absolute Gasteiger partial charge is 0.304 e. The fraction of sp³-hybridized carbons (Fsp3) is 0.0385. The predicted octanol–water partition coefficient (Wildman–Crippen LogP) is 5.98. The van der Waals surface area contributed by atoms with Gasteiger partial charge in [-0.2, -0.15) is 4.98 Å². The molecule has 1 aliphatic rings. The van der Waals surface area contributed by atoms with Crippen LogP contribution in [0.25, 0.3) is 11.0 Å². The highest BCUT2D eigenvalue weighted by Gasteiger charge is 2.46. The quantitative estimate of drug-likeness (QED) is 0.373. The molecule has 138 valence electrons. The fourth-order valence-corrected chi connectivity index (χ4v) is 4.56. The highest BCUT2D eigenvalue weighted by Crippen LogP contribution is 2.51. The maximum absolute atomic E-state index is 6.31. The number of fused-ring (bicyclic) bond motifs is 4. The van der Waals surface area contributed by atoms with Gasteiger partial charge in [-0.1, -0.05) is 91.0 Å². The zero-order valence-electron chi connectivity index (χ0n) is 15.7. The third-order valence-electron chi connectivity index (χ3n) is 5.73. The fourth-order valence-electron chi connectivity index (χ4n) is 4.56. The van der Waals surface area contributed by atoms with E-state index in [9.17, 15) is 0 Å². The summed E-state index contributed by atoms with van der Waals surface area (Å²) >= 11 is 0. The number of nitrogens with zero attached hydrogens (tertiary/aromatic N) is 2. The van der Waals surface area contributed by atoms with Crippen LogP contribution in [0.2, 0.25) is 0 Å². The Morgan fingerprint density at radius 3 is 1.93 bits per heavy atom. The zero-order chi connectivity index (χ0) is 19.3. The number of hydrogen-bond acceptors (Lipinski definition) is 2. The van der Waals surface area contributed by atoms with Crippen molar-refractivity contribution in [2.75, 3.05) is 0 Å². The minimum atomic E-state index is -0.581. The highest BCUT2D eigenvalue weighted by atomic mass is 16.5. The molecule has 0 unspecified atom stereocenters. The molecule has 0 bridgehead atoms. The monoisotopic (exact) mass is 374 g/mol. The molecule has 0 spiro atoms. The van der Waals surface area contributed by atoms with Gasteiger partial charge in [-0.15, -0.1) is 0 Å². The van der Waals surface area contributed by atoms with E-state index in [4.69, 9.17) is 9.72 Å². The summed E-state index contributed by atoms with van der Waals surface area (Å²) in [5.74, 6) is 0.836. The zero-order valence-corrected chi connectivity index (χ0v) is 15.7. The standard InChI is InChI=1S/C26H18N2O/c1-3-11-19(12-4-1)26(20-13-5-2-6-14-20)21-15-7-10-18-24(21)29-25-27-22-16-8-9-17-23(22)28(25)26/h1-18H. The molecule has 3 heteroatoms. The molecule has 0 aliphatic carbocycles. The van der Waals surface area contributed by atoms with Crippen LogP contribution < -0.4 is 4.74 Å². The molecule has 5 aromatic rings. The van der Waals surface area contributed by atoms with E-state index < -0.39 is 5.54 Å². The second kappa shape index (κ2) is 6.08. The van der Waals surface area contributed by atoms with Gasteiger partial charge in [0.15, 0.2) is 0 Å². The first-order valence-corrected chi connectivity index (χ1v) is 9.75. The summed E-state index contributed by atoms with van der Waals surface area (Å²) in [6.07, 6.45) is 0. The molecule has 0 radical (unpaired) electrons. The van der Waals surface area contributed by atoms with Gasteiger partial charge in [0.05, 0.1) is 11.0 Å². The average molecular weight is 374 g/mol. The molecule has 0 fully saturated rings. The van der Waals surface area contributed by atoms with Crippen LogP contribution in [0.5, 0.6) is 11.8 Å². The van der Waals surface area contributed by atoms with E-state index in [1.807, 2.05) is 24.3 Å². The van der Waals surface area contributed by atoms with Crippen LogP contribution >= 0.6 is 0 Å². The van der Waals surface area contributed by atoms with Gasteiger partial charge in [0.2, 0.25) is 0 Å². The van der Waals surface area contributed by atoms with Gasteiger partial charge < -0.3 is 4.74 Å². The number of aromatic nitrogens is 2. The maximum atomic E-state index is 6.31. The average Bonchev–Trinajstić information content (AvgIpc) is 3.17. The Morgan fingerprint density at radius 2 is 1.21 bits per heavy atom. The largest absolute Gasteiger partial charge is 0.425 e. The lowest BCUT2D eigenvalue weighted by Gasteiger charge is -2.41. The Kier molecular flexibility index (Phi) is 3.38. The van der Waals surface area contributed by atoms with Gasteiger partial charge in [-0.3, -0.25) is 4.57 Å². The molecule has 4 aromatic carbocycles. The molecule has 1 aliphatic heterocycles. The summed E-state index contributed by atoms with van der Waals surface area (Å²) < 4.78 is 8.56. The predicted molar refractivity (Wildman–Crippen MR) is 114 cm³/mol. The molecule has 3 nitrogen and oxygen atoms in total. The Hall–Kier alpha value is -3.85. The molecule has 29 heavy (non-hydrogen) atoms. The van der Waals surface area contributed by atoms with Crippen LogP contribution in [0.15, 0.2) is 109 Å². The van der Waals surface area contributed by atoms with E-state index in [1.54, 1.807) is 0 Å². The Morgan fingerprint density at radius 1 is 0.621 bits per heavy atom. The van der Waals surface area contributed by atoms with Crippen molar-refractivity contribution < 1.29 is 4.74 Å². The molecule has 0 amide bonds. The summed E-state index contributed by atoms with van der Waals surface area (Å²) in [6.45, 7) is 0. The van der Waals surface area contributed by atoms with E-state index in [0.29, 0.717) is 6.01 Å². The van der Waals surface area contributed by atoms with Crippen molar-refractivity contribution in [3.8, 4) is 11.8 Å². The number of rotatable bonds is 2. The van der Waals surface area contributed by atoms with Crippen molar-refractivity contribution in [2.45, 2.75) is 5.54 Å². The number of benzene rings is 4. The first kappa shape index (κ1) is 16.1. The number of para-hydroxylation sites is 3. The molecule has 0 saturated carbocycles. The Balaban J connectivity index is 1.85. The van der Waals surface area contributed by atoms with Crippen molar-refractivity contribution in [3.05, 3.63) is 126 Å². The van der Waals surface area contributed by atoms with Crippen LogP contribution in [0.1, 0.15) is 16.7 Å². The topological polar surface area (TPSA) is 27.1 Å². The molecule has 0 atom stereocenters. The van der Waals surface area contributed by atoms with E-state index in [1.165, 1.54) is 11.1 Å². The SMILES string of the molecule is c1ccc(C2(c3ccccc3)c3ccccc3Oc3nc4ccccc4n32)cc1.